The topological polar surface area (TPSA) is 49.2 Å². The lowest BCUT2D eigenvalue weighted by molar-refractivity contribution is 0.244. The summed E-state index contributed by atoms with van der Waals surface area (Å²) in [5, 5.41) is 9.48. The molecule has 1 aromatic heterocycles. The second-order valence-electron chi connectivity index (χ2n) is 4.83. The number of aryl methyl sites for hydroxylation is 2. The van der Waals surface area contributed by atoms with E-state index in [0.717, 1.165) is 36.7 Å². The molecule has 0 radical (unpaired) electrons. The maximum Gasteiger partial charge on any atom is 0.132 e. The van der Waals surface area contributed by atoms with E-state index in [1.54, 1.807) is 0 Å². The highest BCUT2D eigenvalue weighted by Crippen LogP contribution is 2.28. The van der Waals surface area contributed by atoms with Crippen LogP contribution < -0.4 is 4.90 Å². The molecule has 1 aliphatic rings. The molecule has 94 valence electrons. The summed E-state index contributed by atoms with van der Waals surface area (Å²) in [5.74, 6) is 2.31. The van der Waals surface area contributed by atoms with Gasteiger partial charge in [0.2, 0.25) is 0 Å². The van der Waals surface area contributed by atoms with Crippen LogP contribution in [0, 0.1) is 12.8 Å². The van der Waals surface area contributed by atoms with Crippen LogP contribution in [0.1, 0.15) is 31.8 Å². The molecule has 2 unspecified atom stereocenters. The fraction of sp³-hybridized carbons (Fsp3) is 0.692. The summed E-state index contributed by atoms with van der Waals surface area (Å²) >= 11 is 0. The second-order valence-corrected chi connectivity index (χ2v) is 4.83. The molecule has 4 heteroatoms. The first-order chi connectivity index (χ1) is 8.15. The molecule has 0 aromatic carbocycles. The second kappa shape index (κ2) is 5.00. The van der Waals surface area contributed by atoms with Crippen LogP contribution in [0.15, 0.2) is 6.07 Å². The van der Waals surface area contributed by atoms with E-state index in [1.165, 1.54) is 0 Å². The predicted octanol–water partition coefficient (Wildman–Crippen LogP) is 1.55. The van der Waals surface area contributed by atoms with Gasteiger partial charge in [0.25, 0.3) is 0 Å². The number of aromatic nitrogens is 2. The fourth-order valence-corrected chi connectivity index (χ4v) is 2.51. The SMILES string of the molecule is CCc1cc(N2CCC(C)C2CO)nc(C)n1. The minimum Gasteiger partial charge on any atom is -0.394 e. The smallest absolute Gasteiger partial charge is 0.132 e. The van der Waals surface area contributed by atoms with Crippen molar-refractivity contribution in [2.75, 3.05) is 18.1 Å². The van der Waals surface area contributed by atoms with Crippen LogP contribution in [0.4, 0.5) is 5.82 Å². The molecule has 1 aliphatic heterocycles. The average Bonchev–Trinajstić information content (AvgIpc) is 2.69. The lowest BCUT2D eigenvalue weighted by Gasteiger charge is -2.26. The summed E-state index contributed by atoms with van der Waals surface area (Å²) in [6.45, 7) is 7.39. The van der Waals surface area contributed by atoms with Crippen molar-refractivity contribution in [1.82, 2.24) is 9.97 Å². The molecule has 4 nitrogen and oxygen atoms in total. The van der Waals surface area contributed by atoms with Crippen LogP contribution in [0.25, 0.3) is 0 Å². The Labute approximate surface area is 103 Å². The van der Waals surface area contributed by atoms with Gasteiger partial charge in [0.1, 0.15) is 11.6 Å². The largest absolute Gasteiger partial charge is 0.394 e. The first kappa shape index (κ1) is 12.3. The molecular weight excluding hydrogens is 214 g/mol. The van der Waals surface area contributed by atoms with E-state index < -0.39 is 0 Å². The minimum absolute atomic E-state index is 0.200. The average molecular weight is 235 g/mol. The zero-order valence-corrected chi connectivity index (χ0v) is 10.8. The number of rotatable bonds is 3. The molecule has 0 bridgehead atoms. The van der Waals surface area contributed by atoms with Crippen LogP contribution in [-0.2, 0) is 6.42 Å². The molecule has 1 aromatic rings. The van der Waals surface area contributed by atoms with E-state index in [4.69, 9.17) is 0 Å². The Morgan fingerprint density at radius 1 is 1.47 bits per heavy atom. The van der Waals surface area contributed by atoms with Gasteiger partial charge in [-0.1, -0.05) is 13.8 Å². The van der Waals surface area contributed by atoms with Crippen LogP contribution in [0.3, 0.4) is 0 Å². The summed E-state index contributed by atoms with van der Waals surface area (Å²) in [5.41, 5.74) is 1.07. The van der Waals surface area contributed by atoms with Gasteiger partial charge in [0.05, 0.1) is 12.6 Å². The summed E-state index contributed by atoms with van der Waals surface area (Å²) in [6.07, 6.45) is 2.04. The van der Waals surface area contributed by atoms with Gasteiger partial charge in [-0.25, -0.2) is 9.97 Å². The fourth-order valence-electron chi connectivity index (χ4n) is 2.51. The molecule has 2 rings (SSSR count). The molecule has 1 N–H and O–H groups in total. The molecule has 1 saturated heterocycles. The molecule has 0 amide bonds. The number of hydrogen-bond acceptors (Lipinski definition) is 4. The van der Waals surface area contributed by atoms with Crippen LogP contribution in [-0.4, -0.2) is 34.3 Å². The molecule has 2 heterocycles. The lowest BCUT2D eigenvalue weighted by Crippen LogP contribution is -2.36. The summed E-state index contributed by atoms with van der Waals surface area (Å²) < 4.78 is 0. The van der Waals surface area contributed by atoms with E-state index >= 15 is 0 Å². The van der Waals surface area contributed by atoms with E-state index in [9.17, 15) is 5.11 Å². The van der Waals surface area contributed by atoms with Crippen LogP contribution in [0.2, 0.25) is 0 Å². The van der Waals surface area contributed by atoms with E-state index in [2.05, 4.69) is 28.7 Å². The van der Waals surface area contributed by atoms with Crippen molar-refractivity contribution >= 4 is 5.82 Å². The Hall–Kier alpha value is -1.16. The van der Waals surface area contributed by atoms with Gasteiger partial charge in [0, 0.05) is 18.3 Å². The van der Waals surface area contributed by atoms with Gasteiger partial charge in [-0.2, -0.15) is 0 Å². The number of hydrogen-bond donors (Lipinski definition) is 1. The van der Waals surface area contributed by atoms with Crippen molar-refractivity contribution < 1.29 is 5.11 Å². The molecule has 0 saturated carbocycles. The normalized spacial score (nSPS) is 24.4. The summed E-state index contributed by atoms with van der Waals surface area (Å²) in [6, 6.07) is 2.25. The Bertz CT molecular complexity index is 394. The maximum atomic E-state index is 9.48. The first-order valence-electron chi connectivity index (χ1n) is 6.37. The van der Waals surface area contributed by atoms with Crippen molar-refractivity contribution in [2.45, 2.75) is 39.7 Å². The van der Waals surface area contributed by atoms with Gasteiger partial charge < -0.3 is 10.0 Å². The minimum atomic E-state index is 0.200. The van der Waals surface area contributed by atoms with Gasteiger partial charge in [-0.15, -0.1) is 0 Å². The van der Waals surface area contributed by atoms with Gasteiger partial charge in [0.15, 0.2) is 0 Å². The molecule has 0 spiro atoms. The van der Waals surface area contributed by atoms with E-state index in [0.29, 0.717) is 5.92 Å². The molecule has 2 atom stereocenters. The maximum absolute atomic E-state index is 9.48. The standard InChI is InChI=1S/C13H21N3O/c1-4-11-7-13(15-10(3)14-11)16-6-5-9(2)12(16)8-17/h7,9,12,17H,4-6,8H2,1-3H3. The van der Waals surface area contributed by atoms with Crippen molar-refractivity contribution in [3.63, 3.8) is 0 Å². The Morgan fingerprint density at radius 3 is 2.88 bits per heavy atom. The zero-order chi connectivity index (χ0) is 12.4. The molecule has 0 aliphatic carbocycles. The van der Waals surface area contributed by atoms with E-state index in [-0.39, 0.29) is 12.6 Å². The third kappa shape index (κ3) is 2.41. The molecular formula is C13H21N3O. The third-order valence-electron chi connectivity index (χ3n) is 3.60. The lowest BCUT2D eigenvalue weighted by atomic mass is 10.0. The highest BCUT2D eigenvalue weighted by atomic mass is 16.3. The monoisotopic (exact) mass is 235 g/mol. The predicted molar refractivity (Wildman–Crippen MR) is 68.1 cm³/mol. The molecule has 17 heavy (non-hydrogen) atoms. The van der Waals surface area contributed by atoms with Gasteiger partial charge >= 0.3 is 0 Å². The Kier molecular flexibility index (Phi) is 3.62. The summed E-state index contributed by atoms with van der Waals surface area (Å²) in [7, 11) is 0. The summed E-state index contributed by atoms with van der Waals surface area (Å²) in [4.78, 5) is 11.1. The zero-order valence-electron chi connectivity index (χ0n) is 10.8. The quantitative estimate of drug-likeness (QED) is 0.863. The van der Waals surface area contributed by atoms with Gasteiger partial charge in [-0.3, -0.25) is 0 Å². The van der Waals surface area contributed by atoms with Crippen LogP contribution >= 0.6 is 0 Å². The highest BCUT2D eigenvalue weighted by molar-refractivity contribution is 5.43. The van der Waals surface area contributed by atoms with Crippen molar-refractivity contribution in [3.8, 4) is 0 Å². The molecule has 1 fully saturated rings. The number of aliphatic hydroxyl groups is 1. The Morgan fingerprint density at radius 2 is 2.24 bits per heavy atom. The number of anilines is 1. The number of nitrogens with zero attached hydrogens (tertiary/aromatic N) is 3. The third-order valence-corrected chi connectivity index (χ3v) is 3.60. The van der Waals surface area contributed by atoms with Crippen LogP contribution in [0.5, 0.6) is 0 Å². The number of aliphatic hydroxyl groups excluding tert-OH is 1. The van der Waals surface area contributed by atoms with Crippen molar-refractivity contribution in [3.05, 3.63) is 17.6 Å². The van der Waals surface area contributed by atoms with Crippen molar-refractivity contribution in [1.29, 1.82) is 0 Å². The highest BCUT2D eigenvalue weighted by Gasteiger charge is 2.31. The van der Waals surface area contributed by atoms with Gasteiger partial charge in [-0.05, 0) is 25.7 Å². The van der Waals surface area contributed by atoms with Crippen molar-refractivity contribution in [2.24, 2.45) is 5.92 Å². The first-order valence-corrected chi connectivity index (χ1v) is 6.37. The van der Waals surface area contributed by atoms with E-state index in [1.807, 2.05) is 13.0 Å². The Balaban J connectivity index is 2.30.